The molecule has 2 nitrogen and oxygen atoms in total. The Kier molecular flexibility index (Phi) is 2.55. The zero-order chi connectivity index (χ0) is 11.8. The molecule has 88 valence electrons. The van der Waals surface area contributed by atoms with E-state index in [1.165, 1.54) is 61.2 Å². The van der Waals surface area contributed by atoms with Gasteiger partial charge >= 0.3 is 0 Å². The summed E-state index contributed by atoms with van der Waals surface area (Å²) in [6, 6.07) is 6.89. The van der Waals surface area contributed by atoms with Gasteiger partial charge in [-0.25, -0.2) is 0 Å². The van der Waals surface area contributed by atoms with Crippen LogP contribution in [0, 0.1) is 11.3 Å². The number of hydrogen-bond donors (Lipinski definition) is 0. The lowest BCUT2D eigenvalue weighted by atomic mass is 9.87. The first-order valence-corrected chi connectivity index (χ1v) is 6.60. The molecule has 0 saturated carbocycles. The fourth-order valence-corrected chi connectivity index (χ4v) is 3.15. The summed E-state index contributed by atoms with van der Waals surface area (Å²) < 4.78 is 0. The topological polar surface area (TPSA) is 27.0 Å². The zero-order valence-corrected chi connectivity index (χ0v) is 10.4. The first-order valence-electron chi connectivity index (χ1n) is 6.60. The second-order valence-electron chi connectivity index (χ2n) is 5.23. The molecule has 0 amide bonds. The Bertz CT molecular complexity index is 453. The fraction of sp³-hybridized carbons (Fsp3) is 0.533. The molecule has 1 aromatic carbocycles. The normalized spacial score (nSPS) is 19.4. The molecule has 2 aliphatic heterocycles. The van der Waals surface area contributed by atoms with Crippen LogP contribution in [0.25, 0.3) is 0 Å². The van der Waals surface area contributed by atoms with Gasteiger partial charge in [0.05, 0.1) is 12.0 Å². The Morgan fingerprint density at radius 2 is 1.76 bits per heavy atom. The van der Waals surface area contributed by atoms with E-state index in [0.29, 0.717) is 0 Å². The number of rotatable bonds is 1. The summed E-state index contributed by atoms with van der Waals surface area (Å²) >= 11 is 0. The van der Waals surface area contributed by atoms with Gasteiger partial charge in [0.25, 0.3) is 0 Å². The number of anilines is 1. The van der Waals surface area contributed by atoms with Crippen molar-refractivity contribution < 1.29 is 0 Å². The maximum Gasteiger partial charge on any atom is 0.0700 e. The van der Waals surface area contributed by atoms with Crippen LogP contribution in [0.4, 0.5) is 5.69 Å². The largest absolute Gasteiger partial charge is 0.371 e. The van der Waals surface area contributed by atoms with Crippen LogP contribution in [0.1, 0.15) is 42.4 Å². The van der Waals surface area contributed by atoms with E-state index in [4.69, 9.17) is 5.26 Å². The molecule has 0 fully saturated rings. The number of aryl methyl sites for hydroxylation is 2. The zero-order valence-electron chi connectivity index (χ0n) is 10.4. The van der Waals surface area contributed by atoms with Gasteiger partial charge in [-0.2, -0.15) is 5.26 Å². The van der Waals surface area contributed by atoms with Gasteiger partial charge in [-0.05, 0) is 49.3 Å². The lowest BCUT2D eigenvalue weighted by Crippen LogP contribution is -2.34. The minimum atomic E-state index is 0.0221. The van der Waals surface area contributed by atoms with Crippen LogP contribution in [0.15, 0.2) is 12.1 Å². The fourth-order valence-electron chi connectivity index (χ4n) is 3.15. The van der Waals surface area contributed by atoms with E-state index in [1.54, 1.807) is 0 Å². The van der Waals surface area contributed by atoms with Crippen LogP contribution >= 0.6 is 0 Å². The average molecular weight is 226 g/mol. The van der Waals surface area contributed by atoms with Crippen molar-refractivity contribution in [2.45, 2.75) is 38.5 Å². The number of hydrogen-bond acceptors (Lipinski definition) is 2. The second-order valence-corrected chi connectivity index (χ2v) is 5.23. The van der Waals surface area contributed by atoms with Crippen molar-refractivity contribution in [3.8, 4) is 6.07 Å². The summed E-state index contributed by atoms with van der Waals surface area (Å²) in [5, 5.41) is 9.06. The predicted molar refractivity (Wildman–Crippen MR) is 69.3 cm³/mol. The molecule has 2 heterocycles. The van der Waals surface area contributed by atoms with Crippen LogP contribution in [-0.4, -0.2) is 13.1 Å². The third kappa shape index (κ3) is 1.70. The number of nitriles is 1. The summed E-state index contributed by atoms with van der Waals surface area (Å²) in [5.41, 5.74) is 5.66. The number of nitrogens with zero attached hydrogens (tertiary/aromatic N) is 2. The number of benzene rings is 1. The highest BCUT2D eigenvalue weighted by atomic mass is 15.1. The van der Waals surface area contributed by atoms with Gasteiger partial charge in [-0.1, -0.05) is 12.1 Å². The van der Waals surface area contributed by atoms with Crippen molar-refractivity contribution in [3.63, 3.8) is 0 Å². The van der Waals surface area contributed by atoms with Gasteiger partial charge in [-0.15, -0.1) is 0 Å². The Labute approximate surface area is 103 Å². The highest BCUT2D eigenvalue weighted by molar-refractivity contribution is 5.64. The maximum atomic E-state index is 9.06. The van der Waals surface area contributed by atoms with Crippen molar-refractivity contribution >= 4 is 5.69 Å². The van der Waals surface area contributed by atoms with Crippen molar-refractivity contribution in [3.05, 3.63) is 28.8 Å². The van der Waals surface area contributed by atoms with E-state index in [1.807, 2.05) is 6.92 Å². The molecule has 1 atom stereocenters. The van der Waals surface area contributed by atoms with E-state index in [9.17, 15) is 0 Å². The molecule has 3 rings (SSSR count). The highest BCUT2D eigenvalue weighted by Crippen LogP contribution is 2.37. The van der Waals surface area contributed by atoms with Gasteiger partial charge < -0.3 is 4.90 Å². The molecule has 0 aliphatic carbocycles. The first kappa shape index (κ1) is 10.7. The van der Waals surface area contributed by atoms with Crippen molar-refractivity contribution in [2.24, 2.45) is 0 Å². The molecule has 0 radical (unpaired) electrons. The summed E-state index contributed by atoms with van der Waals surface area (Å²) in [5.74, 6) is 0.0221. The minimum absolute atomic E-state index is 0.0221. The molecule has 0 N–H and O–H groups in total. The lowest BCUT2D eigenvalue weighted by Gasteiger charge is -2.37. The van der Waals surface area contributed by atoms with Gasteiger partial charge in [-0.3, -0.25) is 0 Å². The van der Waals surface area contributed by atoms with Crippen LogP contribution in [0.2, 0.25) is 0 Å². The van der Waals surface area contributed by atoms with Gasteiger partial charge in [0.15, 0.2) is 0 Å². The SMILES string of the molecule is CC(C#N)c1cc2c3c(c1)CCCN3CCC2. The third-order valence-corrected chi connectivity index (χ3v) is 4.05. The minimum Gasteiger partial charge on any atom is -0.371 e. The Morgan fingerprint density at radius 3 is 2.29 bits per heavy atom. The molecular weight excluding hydrogens is 208 g/mol. The van der Waals surface area contributed by atoms with E-state index < -0.39 is 0 Å². The lowest BCUT2D eigenvalue weighted by molar-refractivity contribution is 0.632. The molecule has 0 saturated heterocycles. The molecule has 0 spiro atoms. The Morgan fingerprint density at radius 1 is 1.18 bits per heavy atom. The first-order chi connectivity index (χ1) is 8.29. The summed E-state index contributed by atoms with van der Waals surface area (Å²) in [7, 11) is 0. The maximum absolute atomic E-state index is 9.06. The third-order valence-electron chi connectivity index (χ3n) is 4.05. The average Bonchev–Trinajstić information content (AvgIpc) is 2.38. The monoisotopic (exact) mass is 226 g/mol. The van der Waals surface area contributed by atoms with Crippen molar-refractivity contribution in [1.29, 1.82) is 5.26 Å². The molecule has 17 heavy (non-hydrogen) atoms. The Balaban J connectivity index is 2.12. The van der Waals surface area contributed by atoms with Crippen molar-refractivity contribution in [1.82, 2.24) is 0 Å². The summed E-state index contributed by atoms with van der Waals surface area (Å²) in [6.45, 7) is 4.43. The highest BCUT2D eigenvalue weighted by Gasteiger charge is 2.24. The molecule has 0 aromatic heterocycles. The van der Waals surface area contributed by atoms with Gasteiger partial charge in [0, 0.05) is 18.8 Å². The van der Waals surface area contributed by atoms with Gasteiger partial charge in [0.1, 0.15) is 0 Å². The Hall–Kier alpha value is -1.49. The van der Waals surface area contributed by atoms with Crippen LogP contribution in [-0.2, 0) is 12.8 Å². The summed E-state index contributed by atoms with van der Waals surface area (Å²) in [6.07, 6.45) is 4.89. The molecule has 2 heteroatoms. The van der Waals surface area contributed by atoms with Crippen LogP contribution in [0.5, 0.6) is 0 Å². The molecular formula is C15H18N2. The van der Waals surface area contributed by atoms with Crippen LogP contribution < -0.4 is 4.90 Å². The van der Waals surface area contributed by atoms with E-state index in [-0.39, 0.29) is 5.92 Å². The molecule has 2 aliphatic rings. The molecule has 1 unspecified atom stereocenters. The molecule has 0 bridgehead atoms. The van der Waals surface area contributed by atoms with Gasteiger partial charge in [0.2, 0.25) is 0 Å². The predicted octanol–water partition coefficient (Wildman–Crippen LogP) is 3.01. The van der Waals surface area contributed by atoms with Crippen molar-refractivity contribution in [2.75, 3.05) is 18.0 Å². The molecule has 1 aromatic rings. The van der Waals surface area contributed by atoms with E-state index in [0.717, 1.165) is 0 Å². The van der Waals surface area contributed by atoms with E-state index >= 15 is 0 Å². The summed E-state index contributed by atoms with van der Waals surface area (Å²) in [4.78, 5) is 2.54. The standard InChI is InChI=1S/C15H18N2/c1-11(10-16)14-8-12-4-2-6-17-7-3-5-13(9-14)15(12)17/h8-9,11H,2-7H2,1H3. The smallest absolute Gasteiger partial charge is 0.0700 e. The second kappa shape index (κ2) is 4.07. The van der Waals surface area contributed by atoms with E-state index in [2.05, 4.69) is 23.1 Å². The quantitative estimate of drug-likeness (QED) is 0.736. The van der Waals surface area contributed by atoms with Crippen LogP contribution in [0.3, 0.4) is 0 Å².